The molecule has 22 heavy (non-hydrogen) atoms. The maximum absolute atomic E-state index is 5.76. The molecule has 3 heterocycles. The fourth-order valence-corrected chi connectivity index (χ4v) is 4.62. The molecule has 0 N–H and O–H groups in total. The molecule has 0 fully saturated rings. The Hall–Kier alpha value is -1.41. The van der Waals surface area contributed by atoms with Gasteiger partial charge in [-0.3, -0.25) is 0 Å². The van der Waals surface area contributed by atoms with Crippen molar-refractivity contribution in [3.63, 3.8) is 0 Å². The topological polar surface area (TPSA) is 38.2 Å². The van der Waals surface area contributed by atoms with E-state index in [9.17, 15) is 0 Å². The predicted octanol–water partition coefficient (Wildman–Crippen LogP) is 3.50. The number of fused-ring (bicyclic) bond motifs is 2. The summed E-state index contributed by atoms with van der Waals surface area (Å²) in [6, 6.07) is 7.96. The first kappa shape index (κ1) is 14.2. The molecule has 3 aromatic rings. The number of nitrogens with zero attached hydrogens (tertiary/aromatic N) is 3. The maximum Gasteiger partial charge on any atom is 0.280 e. The first-order valence-electron chi connectivity index (χ1n) is 6.94. The average Bonchev–Trinajstić information content (AvgIpc) is 3.09. The van der Waals surface area contributed by atoms with Crippen LogP contribution in [0.3, 0.4) is 0 Å². The number of thiazole rings is 2. The van der Waals surface area contributed by atoms with Crippen molar-refractivity contribution in [2.24, 2.45) is 0 Å². The third kappa shape index (κ3) is 2.65. The SMILES string of the molecule is CN1CCc2nc(C(=S)Oc3nc4ccccc4s3)sc2C1. The molecular weight excluding hydrogens is 334 g/mol. The second-order valence-corrected chi connectivity index (χ2v) is 7.66. The van der Waals surface area contributed by atoms with E-state index in [2.05, 4.69) is 21.9 Å². The number of rotatable bonds is 2. The Labute approximate surface area is 141 Å². The van der Waals surface area contributed by atoms with Crippen LogP contribution in [0, 0.1) is 0 Å². The summed E-state index contributed by atoms with van der Waals surface area (Å²) < 4.78 is 6.86. The molecule has 0 spiro atoms. The van der Waals surface area contributed by atoms with Crippen LogP contribution in [0.2, 0.25) is 0 Å². The minimum absolute atomic E-state index is 0.418. The van der Waals surface area contributed by atoms with Gasteiger partial charge in [-0.2, -0.15) is 0 Å². The Balaban J connectivity index is 1.57. The molecule has 4 nitrogen and oxygen atoms in total. The lowest BCUT2D eigenvalue weighted by Gasteiger charge is -2.20. The summed E-state index contributed by atoms with van der Waals surface area (Å²) >= 11 is 8.54. The second-order valence-electron chi connectivity index (χ2n) is 5.21. The van der Waals surface area contributed by atoms with Crippen molar-refractivity contribution in [2.75, 3.05) is 13.6 Å². The Bertz CT molecular complexity index is 822. The highest BCUT2D eigenvalue weighted by atomic mass is 32.1. The van der Waals surface area contributed by atoms with E-state index in [1.807, 2.05) is 24.3 Å². The minimum atomic E-state index is 0.418. The van der Waals surface area contributed by atoms with Gasteiger partial charge in [0.05, 0.1) is 15.9 Å². The number of ether oxygens (including phenoxy) is 1. The van der Waals surface area contributed by atoms with Gasteiger partial charge in [0.2, 0.25) is 5.05 Å². The fourth-order valence-electron chi connectivity index (χ4n) is 2.43. The monoisotopic (exact) mass is 347 g/mol. The summed E-state index contributed by atoms with van der Waals surface area (Å²) in [6.07, 6.45) is 0.978. The van der Waals surface area contributed by atoms with Crippen LogP contribution in [-0.4, -0.2) is 33.5 Å². The number of likely N-dealkylation sites (N-methyl/N-ethyl adjacent to an activating group) is 1. The van der Waals surface area contributed by atoms with E-state index < -0.39 is 0 Å². The van der Waals surface area contributed by atoms with Gasteiger partial charge in [-0.05, 0) is 31.4 Å². The molecule has 112 valence electrons. The molecule has 0 saturated carbocycles. The number of para-hydroxylation sites is 1. The second kappa shape index (κ2) is 5.66. The molecule has 1 aliphatic rings. The Morgan fingerprint density at radius 2 is 2.14 bits per heavy atom. The summed E-state index contributed by atoms with van der Waals surface area (Å²) in [5.74, 6) is 0. The summed E-state index contributed by atoms with van der Waals surface area (Å²) in [7, 11) is 2.12. The van der Waals surface area contributed by atoms with Gasteiger partial charge < -0.3 is 9.64 Å². The van der Waals surface area contributed by atoms with Crippen LogP contribution in [0.25, 0.3) is 10.2 Å². The molecule has 1 aromatic carbocycles. The molecule has 0 atom stereocenters. The molecular formula is C15H13N3OS3. The predicted molar refractivity (Wildman–Crippen MR) is 94.1 cm³/mol. The normalized spacial score (nSPS) is 15.0. The van der Waals surface area contributed by atoms with Gasteiger partial charge in [0, 0.05) is 24.4 Å². The molecule has 0 aliphatic carbocycles. The smallest absolute Gasteiger partial charge is 0.280 e. The van der Waals surface area contributed by atoms with Gasteiger partial charge in [0.1, 0.15) is 0 Å². The van der Waals surface area contributed by atoms with E-state index in [1.54, 1.807) is 11.3 Å². The Kier molecular flexibility index (Phi) is 3.65. The minimum Gasteiger partial charge on any atom is -0.416 e. The molecule has 7 heteroatoms. The lowest BCUT2D eigenvalue weighted by molar-refractivity contribution is 0.314. The molecule has 0 bridgehead atoms. The highest BCUT2D eigenvalue weighted by molar-refractivity contribution is 7.80. The molecule has 0 amide bonds. The van der Waals surface area contributed by atoms with E-state index in [-0.39, 0.29) is 0 Å². The van der Waals surface area contributed by atoms with Crippen LogP contribution in [0.5, 0.6) is 5.19 Å². The van der Waals surface area contributed by atoms with E-state index in [0.29, 0.717) is 10.2 Å². The molecule has 2 aromatic heterocycles. The van der Waals surface area contributed by atoms with Gasteiger partial charge in [-0.25, -0.2) is 9.97 Å². The summed E-state index contributed by atoms with van der Waals surface area (Å²) in [6.45, 7) is 1.98. The standard InChI is InChI=1S/C15H13N3OS3/c1-18-7-6-10-12(8-18)21-13(16-10)14(20)19-15-17-9-4-2-3-5-11(9)22-15/h2-5H,6-8H2,1H3. The van der Waals surface area contributed by atoms with Crippen molar-refractivity contribution in [3.8, 4) is 5.19 Å². The van der Waals surface area contributed by atoms with E-state index in [4.69, 9.17) is 17.0 Å². The fraction of sp³-hybridized carbons (Fsp3) is 0.267. The van der Waals surface area contributed by atoms with Crippen molar-refractivity contribution in [3.05, 3.63) is 39.8 Å². The third-order valence-corrected chi connectivity index (χ3v) is 5.95. The van der Waals surface area contributed by atoms with Crippen molar-refractivity contribution in [1.29, 1.82) is 0 Å². The van der Waals surface area contributed by atoms with E-state index in [1.165, 1.54) is 16.2 Å². The molecule has 4 rings (SSSR count). The molecule has 0 radical (unpaired) electrons. The number of hydrogen-bond donors (Lipinski definition) is 0. The van der Waals surface area contributed by atoms with Crippen LogP contribution in [-0.2, 0) is 13.0 Å². The van der Waals surface area contributed by atoms with Gasteiger partial charge in [-0.1, -0.05) is 23.5 Å². The van der Waals surface area contributed by atoms with Crippen molar-refractivity contribution < 1.29 is 4.74 Å². The quantitative estimate of drug-likeness (QED) is 0.664. The summed E-state index contributed by atoms with van der Waals surface area (Å²) in [5, 5.41) is 1.78. The van der Waals surface area contributed by atoms with Crippen LogP contribution >= 0.6 is 34.9 Å². The van der Waals surface area contributed by atoms with Crippen LogP contribution in [0.4, 0.5) is 0 Å². The van der Waals surface area contributed by atoms with Crippen LogP contribution < -0.4 is 4.74 Å². The number of hydrogen-bond acceptors (Lipinski definition) is 7. The first-order valence-corrected chi connectivity index (χ1v) is 8.98. The number of benzene rings is 1. The maximum atomic E-state index is 5.76. The third-order valence-electron chi connectivity index (χ3n) is 3.55. The molecule has 1 aliphatic heterocycles. The van der Waals surface area contributed by atoms with Gasteiger partial charge >= 0.3 is 0 Å². The Morgan fingerprint density at radius 1 is 1.27 bits per heavy atom. The summed E-state index contributed by atoms with van der Waals surface area (Å²) in [4.78, 5) is 12.7. The van der Waals surface area contributed by atoms with Gasteiger partial charge in [-0.15, -0.1) is 11.3 Å². The highest BCUT2D eigenvalue weighted by Gasteiger charge is 2.21. The lowest BCUT2D eigenvalue weighted by atomic mass is 10.2. The zero-order valence-corrected chi connectivity index (χ0v) is 14.4. The average molecular weight is 347 g/mol. The zero-order chi connectivity index (χ0) is 15.1. The van der Waals surface area contributed by atoms with Crippen LogP contribution in [0.15, 0.2) is 24.3 Å². The van der Waals surface area contributed by atoms with Crippen LogP contribution in [0.1, 0.15) is 15.6 Å². The lowest BCUT2D eigenvalue weighted by Crippen LogP contribution is -2.25. The molecule has 0 unspecified atom stereocenters. The van der Waals surface area contributed by atoms with Crippen molar-refractivity contribution in [1.82, 2.24) is 14.9 Å². The van der Waals surface area contributed by atoms with Gasteiger partial charge in [0.25, 0.3) is 5.19 Å². The highest BCUT2D eigenvalue weighted by Crippen LogP contribution is 2.30. The zero-order valence-electron chi connectivity index (χ0n) is 11.9. The van der Waals surface area contributed by atoms with Crippen molar-refractivity contribution in [2.45, 2.75) is 13.0 Å². The Morgan fingerprint density at radius 3 is 3.00 bits per heavy atom. The van der Waals surface area contributed by atoms with Gasteiger partial charge in [0.15, 0.2) is 5.01 Å². The molecule has 0 saturated heterocycles. The number of thiocarbonyl (C=S) groups is 1. The van der Waals surface area contributed by atoms with Crippen molar-refractivity contribution >= 4 is 50.2 Å². The number of aromatic nitrogens is 2. The van der Waals surface area contributed by atoms with E-state index >= 15 is 0 Å². The largest absolute Gasteiger partial charge is 0.416 e. The first-order chi connectivity index (χ1) is 10.7. The summed E-state index contributed by atoms with van der Waals surface area (Å²) in [5.41, 5.74) is 2.10. The van der Waals surface area contributed by atoms with E-state index in [0.717, 1.165) is 40.4 Å².